The first-order valence-corrected chi connectivity index (χ1v) is 6.54. The predicted molar refractivity (Wildman–Crippen MR) is 65.9 cm³/mol. The molecule has 0 aliphatic carbocycles. The van der Waals surface area contributed by atoms with E-state index in [1.54, 1.807) is 0 Å². The van der Waals surface area contributed by atoms with Crippen LogP contribution in [0.25, 0.3) is 0 Å². The molecule has 0 fully saturated rings. The van der Waals surface area contributed by atoms with Crippen LogP contribution in [0.2, 0.25) is 0 Å². The summed E-state index contributed by atoms with van der Waals surface area (Å²) >= 11 is 5.75. The van der Waals surface area contributed by atoms with E-state index in [1.807, 2.05) is 0 Å². The van der Waals surface area contributed by atoms with E-state index in [2.05, 4.69) is 21.0 Å². The Morgan fingerprint density at radius 1 is 0.867 bits per heavy atom. The molecule has 0 rings (SSSR count). The Hall–Kier alpha value is 0.540. The number of quaternary nitrogens is 1. The Morgan fingerprint density at radius 2 is 1.40 bits per heavy atom. The van der Waals surface area contributed by atoms with Crippen molar-refractivity contribution in [2.45, 2.75) is 45.4 Å². The summed E-state index contributed by atoms with van der Waals surface area (Å²) in [6, 6.07) is 0. The fourth-order valence-electron chi connectivity index (χ4n) is 1.66. The molecule has 0 bridgehead atoms. The van der Waals surface area contributed by atoms with Gasteiger partial charge in [0.15, 0.2) is 0 Å². The van der Waals surface area contributed by atoms with E-state index in [-0.39, 0.29) is 12.4 Å². The van der Waals surface area contributed by atoms with Crippen molar-refractivity contribution in [3.63, 3.8) is 0 Å². The van der Waals surface area contributed by atoms with Crippen LogP contribution in [-0.4, -0.2) is 37.5 Å². The largest absolute Gasteiger partial charge is 1.00 e. The van der Waals surface area contributed by atoms with Gasteiger partial charge in [-0.15, -0.1) is 11.6 Å². The quantitative estimate of drug-likeness (QED) is 0.323. The standard InChI is InChI=1S/C12H27ClN.ClH/c1-4-5-6-7-8-9-11-14(2,3)12-10-13;/h4-12H2,1-3H3;1H/q+1;/p-1. The lowest BCUT2D eigenvalue weighted by molar-refractivity contribution is -0.888. The van der Waals surface area contributed by atoms with Crippen LogP contribution in [0, 0.1) is 0 Å². The number of nitrogens with zero attached hydrogens (tertiary/aromatic N) is 1. The average molecular weight is 256 g/mol. The molecule has 1 nitrogen and oxygen atoms in total. The fourth-order valence-corrected chi connectivity index (χ4v) is 2.12. The van der Waals surface area contributed by atoms with Crippen LogP contribution in [0.1, 0.15) is 45.4 Å². The van der Waals surface area contributed by atoms with Crippen molar-refractivity contribution in [2.75, 3.05) is 33.1 Å². The Labute approximate surface area is 107 Å². The van der Waals surface area contributed by atoms with E-state index in [0.29, 0.717) is 0 Å². The summed E-state index contributed by atoms with van der Waals surface area (Å²) in [7, 11) is 4.54. The van der Waals surface area contributed by atoms with E-state index in [4.69, 9.17) is 11.6 Å². The van der Waals surface area contributed by atoms with E-state index in [1.165, 1.54) is 45.1 Å². The first-order chi connectivity index (χ1) is 6.62. The molecule has 15 heavy (non-hydrogen) atoms. The molecule has 0 saturated carbocycles. The topological polar surface area (TPSA) is 0 Å². The van der Waals surface area contributed by atoms with Gasteiger partial charge in [-0.25, -0.2) is 0 Å². The van der Waals surface area contributed by atoms with E-state index in [0.717, 1.165) is 16.9 Å². The van der Waals surface area contributed by atoms with Crippen molar-refractivity contribution < 1.29 is 16.9 Å². The van der Waals surface area contributed by atoms with Crippen LogP contribution in [0.4, 0.5) is 0 Å². The van der Waals surface area contributed by atoms with Crippen LogP contribution < -0.4 is 12.4 Å². The SMILES string of the molecule is CCCCCCCC[N+](C)(C)CCCl.[Cl-]. The van der Waals surface area contributed by atoms with Gasteiger partial charge in [0.25, 0.3) is 0 Å². The highest BCUT2D eigenvalue weighted by atomic mass is 35.5. The van der Waals surface area contributed by atoms with E-state index >= 15 is 0 Å². The van der Waals surface area contributed by atoms with Gasteiger partial charge in [-0.1, -0.05) is 32.6 Å². The lowest BCUT2D eigenvalue weighted by Gasteiger charge is -2.28. The Kier molecular flexibility index (Phi) is 13.2. The van der Waals surface area contributed by atoms with Gasteiger partial charge in [-0.3, -0.25) is 0 Å². The second kappa shape index (κ2) is 11.0. The van der Waals surface area contributed by atoms with Gasteiger partial charge in [-0.2, -0.15) is 0 Å². The molecule has 0 aromatic rings. The second-order valence-corrected chi connectivity index (χ2v) is 5.22. The number of hydrogen-bond acceptors (Lipinski definition) is 0. The Bertz CT molecular complexity index is 127. The molecule has 94 valence electrons. The first kappa shape index (κ1) is 17.9. The van der Waals surface area contributed by atoms with Gasteiger partial charge < -0.3 is 16.9 Å². The molecule has 0 aliphatic rings. The molecule has 0 unspecified atom stereocenters. The van der Waals surface area contributed by atoms with Crippen LogP contribution in [-0.2, 0) is 0 Å². The third-order valence-corrected chi connectivity index (χ3v) is 2.98. The highest BCUT2D eigenvalue weighted by Crippen LogP contribution is 2.08. The number of hydrogen-bond donors (Lipinski definition) is 0. The molecule has 0 heterocycles. The van der Waals surface area contributed by atoms with Gasteiger partial charge >= 0.3 is 0 Å². The lowest BCUT2D eigenvalue weighted by Crippen LogP contribution is -3.00. The van der Waals surface area contributed by atoms with E-state index in [9.17, 15) is 0 Å². The van der Waals surface area contributed by atoms with E-state index < -0.39 is 0 Å². The molecule has 0 N–H and O–H groups in total. The van der Waals surface area contributed by atoms with Crippen molar-refractivity contribution in [3.05, 3.63) is 0 Å². The molecule has 0 aromatic carbocycles. The lowest BCUT2D eigenvalue weighted by atomic mass is 10.1. The summed E-state index contributed by atoms with van der Waals surface area (Å²) in [5.74, 6) is 0.781. The zero-order valence-corrected chi connectivity index (χ0v) is 12.1. The predicted octanol–water partition coefficient (Wildman–Crippen LogP) is 0.666. The molecule has 0 aromatic heterocycles. The van der Waals surface area contributed by atoms with Crippen molar-refractivity contribution >= 4 is 11.6 Å². The van der Waals surface area contributed by atoms with Crippen molar-refractivity contribution in [3.8, 4) is 0 Å². The maximum absolute atomic E-state index is 5.75. The maximum atomic E-state index is 5.75. The van der Waals surface area contributed by atoms with Gasteiger partial charge in [0.2, 0.25) is 0 Å². The van der Waals surface area contributed by atoms with Gasteiger partial charge in [0.1, 0.15) is 0 Å². The summed E-state index contributed by atoms with van der Waals surface area (Å²) in [5, 5.41) is 0. The zero-order chi connectivity index (χ0) is 10.9. The molecule has 0 radical (unpaired) electrons. The van der Waals surface area contributed by atoms with Crippen molar-refractivity contribution in [2.24, 2.45) is 0 Å². The minimum Gasteiger partial charge on any atom is -1.00 e. The summed E-state index contributed by atoms with van der Waals surface area (Å²) in [4.78, 5) is 0. The molecular weight excluding hydrogens is 229 g/mol. The van der Waals surface area contributed by atoms with Gasteiger partial charge in [0, 0.05) is 0 Å². The molecule has 3 heteroatoms. The average Bonchev–Trinajstić information content (AvgIpc) is 2.11. The normalized spacial score (nSPS) is 11.2. The number of alkyl halides is 1. The first-order valence-electron chi connectivity index (χ1n) is 6.00. The summed E-state index contributed by atoms with van der Waals surface area (Å²) < 4.78 is 1.08. The second-order valence-electron chi connectivity index (χ2n) is 4.84. The van der Waals surface area contributed by atoms with Crippen LogP contribution in [0.15, 0.2) is 0 Å². The monoisotopic (exact) mass is 255 g/mol. The number of rotatable bonds is 9. The zero-order valence-electron chi connectivity index (χ0n) is 10.6. The highest BCUT2D eigenvalue weighted by Gasteiger charge is 2.12. The molecule has 0 spiro atoms. The van der Waals surface area contributed by atoms with Crippen molar-refractivity contribution in [1.82, 2.24) is 0 Å². The summed E-state index contributed by atoms with van der Waals surface area (Å²) in [5.41, 5.74) is 0. The highest BCUT2D eigenvalue weighted by molar-refractivity contribution is 6.17. The minimum absolute atomic E-state index is 0. The molecule has 0 amide bonds. The third kappa shape index (κ3) is 12.5. The fraction of sp³-hybridized carbons (Fsp3) is 1.00. The molecule has 0 saturated heterocycles. The summed E-state index contributed by atoms with van der Waals surface area (Å²) in [6.07, 6.45) is 8.32. The molecular formula is C12H27Cl2N. The minimum atomic E-state index is 0. The Balaban J connectivity index is 0. The van der Waals surface area contributed by atoms with Crippen molar-refractivity contribution in [1.29, 1.82) is 0 Å². The van der Waals surface area contributed by atoms with Crippen LogP contribution in [0.5, 0.6) is 0 Å². The van der Waals surface area contributed by atoms with Crippen LogP contribution >= 0.6 is 11.6 Å². The van der Waals surface area contributed by atoms with Gasteiger partial charge in [-0.05, 0) is 12.8 Å². The number of unbranched alkanes of at least 4 members (excludes halogenated alkanes) is 5. The van der Waals surface area contributed by atoms with Gasteiger partial charge in [0.05, 0.1) is 33.1 Å². The maximum Gasteiger partial charge on any atom is 0.0920 e. The third-order valence-electron chi connectivity index (χ3n) is 2.81. The summed E-state index contributed by atoms with van der Waals surface area (Å²) in [6.45, 7) is 4.63. The van der Waals surface area contributed by atoms with Crippen LogP contribution in [0.3, 0.4) is 0 Å². The smallest absolute Gasteiger partial charge is 0.0920 e. The Morgan fingerprint density at radius 3 is 1.93 bits per heavy atom. The number of halogens is 2. The molecule has 0 atom stereocenters. The molecule has 0 aliphatic heterocycles.